The van der Waals surface area contributed by atoms with E-state index < -0.39 is 0 Å². The van der Waals surface area contributed by atoms with Gasteiger partial charge >= 0.3 is 0 Å². The van der Waals surface area contributed by atoms with Crippen molar-refractivity contribution >= 4 is 17.3 Å². The third-order valence-corrected chi connectivity index (χ3v) is 4.79. The number of hydrogen-bond donors (Lipinski definition) is 2. The van der Waals surface area contributed by atoms with Gasteiger partial charge in [-0.3, -0.25) is 0 Å². The normalized spacial score (nSPS) is 29.8. The maximum atomic E-state index is 5.45. The van der Waals surface area contributed by atoms with Crippen molar-refractivity contribution in [3.05, 3.63) is 0 Å². The molecule has 2 rings (SSSR count). The van der Waals surface area contributed by atoms with Crippen molar-refractivity contribution in [3.8, 4) is 0 Å². The molecule has 2 fully saturated rings. The molecule has 0 amide bonds. The fraction of sp³-hybridized carbons (Fsp3) is 0.933. The van der Waals surface area contributed by atoms with Gasteiger partial charge in [-0.1, -0.05) is 20.3 Å². The van der Waals surface area contributed by atoms with Crippen LogP contribution in [0.3, 0.4) is 0 Å². The first-order valence-corrected chi connectivity index (χ1v) is 7.96. The van der Waals surface area contributed by atoms with Gasteiger partial charge < -0.3 is 15.5 Å². The van der Waals surface area contributed by atoms with E-state index in [1.54, 1.807) is 0 Å². The van der Waals surface area contributed by atoms with Crippen LogP contribution in [0.25, 0.3) is 0 Å². The zero-order chi connectivity index (χ0) is 14.0. The molecule has 19 heavy (non-hydrogen) atoms. The Labute approximate surface area is 123 Å². The quantitative estimate of drug-likeness (QED) is 0.757. The van der Waals surface area contributed by atoms with Crippen molar-refractivity contribution in [3.63, 3.8) is 0 Å². The van der Waals surface area contributed by atoms with Gasteiger partial charge in [-0.05, 0) is 62.8 Å². The molecule has 0 aromatic carbocycles. The van der Waals surface area contributed by atoms with Crippen LogP contribution in [0.15, 0.2) is 0 Å². The molecule has 3 atom stereocenters. The number of fused-ring (bicyclic) bond motifs is 2. The molecule has 3 nitrogen and oxygen atoms in total. The SMILES string of the molecule is CN(C)CC(C)(C)CNC(=S)N[C@H]1C[C@@H]2CC[C@@H]1C2. The Balaban J connectivity index is 1.70. The van der Waals surface area contributed by atoms with E-state index in [1.807, 2.05) is 0 Å². The number of nitrogens with zero attached hydrogens (tertiary/aromatic N) is 1. The summed E-state index contributed by atoms with van der Waals surface area (Å²) in [5.41, 5.74) is 0.240. The summed E-state index contributed by atoms with van der Waals surface area (Å²) < 4.78 is 0. The topological polar surface area (TPSA) is 27.3 Å². The molecule has 4 heteroatoms. The first-order valence-electron chi connectivity index (χ1n) is 7.55. The molecular weight excluding hydrogens is 254 g/mol. The molecule has 0 radical (unpaired) electrons. The molecule has 0 spiro atoms. The fourth-order valence-electron chi connectivity index (χ4n) is 3.87. The number of rotatable bonds is 5. The number of nitrogens with one attached hydrogen (secondary N) is 2. The highest BCUT2D eigenvalue weighted by molar-refractivity contribution is 7.80. The van der Waals surface area contributed by atoms with Crippen LogP contribution >= 0.6 is 12.2 Å². The van der Waals surface area contributed by atoms with Crippen molar-refractivity contribution in [2.45, 2.75) is 45.6 Å². The number of hydrogen-bond acceptors (Lipinski definition) is 2. The van der Waals surface area contributed by atoms with Gasteiger partial charge in [0.25, 0.3) is 0 Å². The molecule has 0 aromatic heterocycles. The predicted octanol–water partition coefficient (Wildman–Crippen LogP) is 2.23. The van der Waals surface area contributed by atoms with Crippen molar-refractivity contribution in [1.29, 1.82) is 0 Å². The molecule has 0 aliphatic heterocycles. The standard InChI is InChI=1S/C15H29N3S/c1-15(2,10-18(3)4)9-16-14(19)17-13-8-11-5-6-12(13)7-11/h11-13H,5-10H2,1-4H3,(H2,16,17,19)/t11-,12-,13+/m1/s1. The smallest absolute Gasteiger partial charge is 0.166 e. The Hall–Kier alpha value is -0.350. The zero-order valence-corrected chi connectivity index (χ0v) is 13.6. The molecule has 0 aromatic rings. The highest BCUT2D eigenvalue weighted by Gasteiger charge is 2.39. The predicted molar refractivity (Wildman–Crippen MR) is 85.3 cm³/mol. The lowest BCUT2D eigenvalue weighted by Gasteiger charge is -2.30. The van der Waals surface area contributed by atoms with Gasteiger partial charge in [-0.2, -0.15) is 0 Å². The zero-order valence-electron chi connectivity index (χ0n) is 12.8. The molecule has 0 unspecified atom stereocenters. The lowest BCUT2D eigenvalue weighted by Crippen LogP contribution is -2.48. The maximum Gasteiger partial charge on any atom is 0.166 e. The second-order valence-corrected chi connectivity index (χ2v) is 7.92. The molecular formula is C15H29N3S. The van der Waals surface area contributed by atoms with E-state index in [9.17, 15) is 0 Å². The third kappa shape index (κ3) is 4.32. The van der Waals surface area contributed by atoms with Gasteiger partial charge in [0.05, 0.1) is 0 Å². The molecule has 0 heterocycles. The Bertz CT molecular complexity index is 327. The highest BCUT2D eigenvalue weighted by atomic mass is 32.1. The van der Waals surface area contributed by atoms with Gasteiger partial charge in [-0.25, -0.2) is 0 Å². The molecule has 0 saturated heterocycles. The van der Waals surface area contributed by atoms with E-state index in [0.717, 1.165) is 30.0 Å². The van der Waals surface area contributed by atoms with Crippen molar-refractivity contribution in [2.75, 3.05) is 27.2 Å². The van der Waals surface area contributed by atoms with Crippen LogP contribution in [0.1, 0.15) is 39.5 Å². The molecule has 2 aliphatic carbocycles. The largest absolute Gasteiger partial charge is 0.362 e. The van der Waals surface area contributed by atoms with Crippen LogP contribution < -0.4 is 10.6 Å². The molecule has 2 N–H and O–H groups in total. The minimum absolute atomic E-state index is 0.240. The van der Waals surface area contributed by atoms with Crippen LogP contribution in [0.4, 0.5) is 0 Å². The van der Waals surface area contributed by atoms with Crippen molar-refractivity contribution in [1.82, 2.24) is 15.5 Å². The lowest BCUT2D eigenvalue weighted by molar-refractivity contribution is 0.241. The Morgan fingerprint density at radius 2 is 2.00 bits per heavy atom. The van der Waals surface area contributed by atoms with Crippen LogP contribution in [-0.2, 0) is 0 Å². The van der Waals surface area contributed by atoms with Gasteiger partial charge in [0.1, 0.15) is 0 Å². The third-order valence-electron chi connectivity index (χ3n) is 4.53. The Kier molecular flexibility index (Phi) is 4.72. The van der Waals surface area contributed by atoms with E-state index in [0.29, 0.717) is 6.04 Å². The summed E-state index contributed by atoms with van der Waals surface area (Å²) >= 11 is 5.45. The second kappa shape index (κ2) is 5.96. The van der Waals surface area contributed by atoms with Crippen LogP contribution in [-0.4, -0.2) is 43.2 Å². The molecule has 110 valence electrons. The first-order chi connectivity index (χ1) is 8.85. The Morgan fingerprint density at radius 3 is 2.53 bits per heavy atom. The van der Waals surface area contributed by atoms with E-state index in [1.165, 1.54) is 25.7 Å². The van der Waals surface area contributed by atoms with Crippen LogP contribution in [0.2, 0.25) is 0 Å². The van der Waals surface area contributed by atoms with E-state index in [-0.39, 0.29) is 5.41 Å². The summed E-state index contributed by atoms with van der Waals surface area (Å²) in [6.07, 6.45) is 5.59. The summed E-state index contributed by atoms with van der Waals surface area (Å²) in [6.45, 7) is 6.55. The molecule has 2 bridgehead atoms. The van der Waals surface area contributed by atoms with Gasteiger partial charge in [-0.15, -0.1) is 0 Å². The van der Waals surface area contributed by atoms with Crippen LogP contribution in [0, 0.1) is 17.3 Å². The minimum Gasteiger partial charge on any atom is -0.362 e. The van der Waals surface area contributed by atoms with Gasteiger partial charge in [0.2, 0.25) is 0 Å². The maximum absolute atomic E-state index is 5.45. The second-order valence-electron chi connectivity index (χ2n) is 7.51. The summed E-state index contributed by atoms with van der Waals surface area (Å²) in [4.78, 5) is 2.23. The summed E-state index contributed by atoms with van der Waals surface area (Å²) in [7, 11) is 4.24. The minimum atomic E-state index is 0.240. The summed E-state index contributed by atoms with van der Waals surface area (Å²) in [6, 6.07) is 0.635. The monoisotopic (exact) mass is 283 g/mol. The van der Waals surface area contributed by atoms with Gasteiger partial charge in [0.15, 0.2) is 5.11 Å². The first kappa shape index (κ1) is 15.0. The van der Waals surface area contributed by atoms with E-state index >= 15 is 0 Å². The Morgan fingerprint density at radius 1 is 1.26 bits per heavy atom. The fourth-order valence-corrected chi connectivity index (χ4v) is 4.10. The summed E-state index contributed by atoms with van der Waals surface area (Å²) in [5.74, 6) is 1.84. The van der Waals surface area contributed by atoms with E-state index in [4.69, 9.17) is 12.2 Å². The lowest BCUT2D eigenvalue weighted by atomic mass is 9.93. The van der Waals surface area contributed by atoms with Crippen molar-refractivity contribution < 1.29 is 0 Å². The van der Waals surface area contributed by atoms with Crippen LogP contribution in [0.5, 0.6) is 0 Å². The average Bonchev–Trinajstić information content (AvgIpc) is 2.86. The molecule has 2 saturated carbocycles. The average molecular weight is 283 g/mol. The number of thiocarbonyl (C=S) groups is 1. The van der Waals surface area contributed by atoms with Gasteiger partial charge in [0, 0.05) is 19.1 Å². The van der Waals surface area contributed by atoms with E-state index in [2.05, 4.69) is 43.5 Å². The van der Waals surface area contributed by atoms with Crippen molar-refractivity contribution in [2.24, 2.45) is 17.3 Å². The highest BCUT2D eigenvalue weighted by Crippen LogP contribution is 2.44. The summed E-state index contributed by atoms with van der Waals surface area (Å²) in [5, 5.41) is 7.80. The molecule has 2 aliphatic rings.